The zero-order chi connectivity index (χ0) is 6.69. The molecule has 1 nitrogen and oxygen atoms in total. The smallest absolute Gasteiger partial charge is 0.0784 e. The molecule has 0 amide bonds. The van der Waals surface area contributed by atoms with Crippen LogP contribution in [0, 0.1) is 0 Å². The van der Waals surface area contributed by atoms with Gasteiger partial charge in [0.15, 0.2) is 0 Å². The average molecular weight is 124 g/mol. The van der Waals surface area contributed by atoms with E-state index in [1.165, 1.54) is 0 Å². The maximum Gasteiger partial charge on any atom is 0.0784 e. The summed E-state index contributed by atoms with van der Waals surface area (Å²) in [5.41, 5.74) is 1.08. The SMILES string of the molecule is CC[C@@H](O)C1=CCC=C1. The molecule has 0 saturated carbocycles. The molecule has 1 aliphatic rings. The first kappa shape index (κ1) is 6.56. The summed E-state index contributed by atoms with van der Waals surface area (Å²) in [6.45, 7) is 1.98. The summed E-state index contributed by atoms with van der Waals surface area (Å²) >= 11 is 0. The highest BCUT2D eigenvalue weighted by atomic mass is 16.3. The van der Waals surface area contributed by atoms with Crippen LogP contribution in [0.1, 0.15) is 19.8 Å². The quantitative estimate of drug-likeness (QED) is 0.593. The topological polar surface area (TPSA) is 20.2 Å². The molecule has 0 aliphatic heterocycles. The lowest BCUT2D eigenvalue weighted by molar-refractivity contribution is 0.210. The number of rotatable bonds is 2. The molecule has 0 radical (unpaired) electrons. The normalized spacial score (nSPS) is 20.0. The van der Waals surface area contributed by atoms with Gasteiger partial charge >= 0.3 is 0 Å². The number of allylic oxidation sites excluding steroid dienone is 2. The zero-order valence-corrected chi connectivity index (χ0v) is 5.67. The van der Waals surface area contributed by atoms with E-state index in [-0.39, 0.29) is 6.10 Å². The molecule has 0 aromatic rings. The summed E-state index contributed by atoms with van der Waals surface area (Å²) < 4.78 is 0. The summed E-state index contributed by atoms with van der Waals surface area (Å²) in [4.78, 5) is 0. The summed E-state index contributed by atoms with van der Waals surface area (Å²) in [6.07, 6.45) is 7.70. The third-order valence-corrected chi connectivity index (χ3v) is 1.57. The zero-order valence-electron chi connectivity index (χ0n) is 5.67. The second-order valence-corrected chi connectivity index (χ2v) is 2.27. The van der Waals surface area contributed by atoms with Crippen molar-refractivity contribution in [3.05, 3.63) is 23.8 Å². The molecule has 1 rings (SSSR count). The first-order valence-electron chi connectivity index (χ1n) is 3.39. The summed E-state index contributed by atoms with van der Waals surface area (Å²) in [7, 11) is 0. The molecular weight excluding hydrogens is 112 g/mol. The minimum atomic E-state index is -0.233. The van der Waals surface area contributed by atoms with Gasteiger partial charge in [-0.05, 0) is 18.4 Å². The molecule has 0 aromatic heterocycles. The van der Waals surface area contributed by atoms with Gasteiger partial charge in [0, 0.05) is 0 Å². The van der Waals surface area contributed by atoms with Gasteiger partial charge in [0.05, 0.1) is 6.10 Å². The largest absolute Gasteiger partial charge is 0.388 e. The molecule has 0 heterocycles. The van der Waals surface area contributed by atoms with E-state index >= 15 is 0 Å². The van der Waals surface area contributed by atoms with Gasteiger partial charge in [0.25, 0.3) is 0 Å². The maximum absolute atomic E-state index is 9.24. The van der Waals surface area contributed by atoms with Crippen molar-refractivity contribution in [1.82, 2.24) is 0 Å². The molecule has 1 atom stereocenters. The van der Waals surface area contributed by atoms with Crippen LogP contribution in [0.15, 0.2) is 23.8 Å². The molecule has 0 aromatic carbocycles. The fraction of sp³-hybridized carbons (Fsp3) is 0.500. The van der Waals surface area contributed by atoms with Crippen molar-refractivity contribution in [2.45, 2.75) is 25.9 Å². The van der Waals surface area contributed by atoms with Crippen molar-refractivity contribution < 1.29 is 5.11 Å². The van der Waals surface area contributed by atoms with E-state index in [1.807, 2.05) is 13.0 Å². The van der Waals surface area contributed by atoms with Gasteiger partial charge in [0.2, 0.25) is 0 Å². The Labute approximate surface area is 55.7 Å². The van der Waals surface area contributed by atoms with E-state index < -0.39 is 0 Å². The van der Waals surface area contributed by atoms with Crippen LogP contribution in [-0.4, -0.2) is 11.2 Å². The third-order valence-electron chi connectivity index (χ3n) is 1.57. The van der Waals surface area contributed by atoms with E-state index in [2.05, 4.69) is 12.2 Å². The summed E-state index contributed by atoms with van der Waals surface area (Å²) in [5.74, 6) is 0. The van der Waals surface area contributed by atoms with Gasteiger partial charge in [-0.2, -0.15) is 0 Å². The Kier molecular flexibility index (Phi) is 2.06. The summed E-state index contributed by atoms with van der Waals surface area (Å²) in [5, 5.41) is 9.24. The van der Waals surface area contributed by atoms with Gasteiger partial charge in [-0.25, -0.2) is 0 Å². The van der Waals surface area contributed by atoms with E-state index in [1.54, 1.807) is 0 Å². The fourth-order valence-corrected chi connectivity index (χ4v) is 0.959. The van der Waals surface area contributed by atoms with Crippen LogP contribution < -0.4 is 0 Å². The lowest BCUT2D eigenvalue weighted by Gasteiger charge is -2.04. The monoisotopic (exact) mass is 124 g/mol. The van der Waals surface area contributed by atoms with E-state index in [4.69, 9.17) is 0 Å². The van der Waals surface area contributed by atoms with E-state index in [0.717, 1.165) is 18.4 Å². The molecule has 1 heteroatoms. The molecule has 0 saturated heterocycles. The first-order valence-corrected chi connectivity index (χ1v) is 3.39. The average Bonchev–Trinajstić information content (AvgIpc) is 2.37. The number of hydrogen-bond acceptors (Lipinski definition) is 1. The second-order valence-electron chi connectivity index (χ2n) is 2.27. The third kappa shape index (κ3) is 1.42. The molecule has 1 N–H and O–H groups in total. The van der Waals surface area contributed by atoms with Crippen LogP contribution in [0.4, 0.5) is 0 Å². The molecule has 9 heavy (non-hydrogen) atoms. The highest BCUT2D eigenvalue weighted by Gasteiger charge is 2.06. The molecule has 1 aliphatic carbocycles. The molecule has 0 bridgehead atoms. The second kappa shape index (κ2) is 2.83. The Morgan fingerprint density at radius 1 is 1.78 bits per heavy atom. The van der Waals surface area contributed by atoms with Gasteiger partial charge in [0.1, 0.15) is 0 Å². The highest BCUT2D eigenvalue weighted by Crippen LogP contribution is 2.14. The van der Waals surface area contributed by atoms with Crippen molar-refractivity contribution in [1.29, 1.82) is 0 Å². The molecular formula is C8H12O. The van der Waals surface area contributed by atoms with Crippen LogP contribution in [0.3, 0.4) is 0 Å². The Morgan fingerprint density at radius 3 is 3.00 bits per heavy atom. The van der Waals surface area contributed by atoms with E-state index in [0.29, 0.717) is 0 Å². The predicted octanol–water partition coefficient (Wildman–Crippen LogP) is 1.64. The lowest BCUT2D eigenvalue weighted by Crippen LogP contribution is -2.04. The molecule has 50 valence electrons. The van der Waals surface area contributed by atoms with Crippen LogP contribution in [0.2, 0.25) is 0 Å². The number of aliphatic hydroxyl groups is 1. The van der Waals surface area contributed by atoms with Crippen molar-refractivity contribution in [2.24, 2.45) is 0 Å². The van der Waals surface area contributed by atoms with E-state index in [9.17, 15) is 5.11 Å². The Bertz CT molecular complexity index is 145. The fourth-order valence-electron chi connectivity index (χ4n) is 0.959. The summed E-state index contributed by atoms with van der Waals surface area (Å²) in [6, 6.07) is 0. The Morgan fingerprint density at radius 2 is 2.56 bits per heavy atom. The minimum absolute atomic E-state index is 0.233. The highest BCUT2D eigenvalue weighted by molar-refractivity contribution is 5.29. The maximum atomic E-state index is 9.24. The lowest BCUT2D eigenvalue weighted by atomic mass is 10.1. The van der Waals surface area contributed by atoms with Gasteiger partial charge in [-0.3, -0.25) is 0 Å². The van der Waals surface area contributed by atoms with Crippen molar-refractivity contribution >= 4 is 0 Å². The van der Waals surface area contributed by atoms with Crippen LogP contribution in [-0.2, 0) is 0 Å². The van der Waals surface area contributed by atoms with Crippen molar-refractivity contribution in [3.8, 4) is 0 Å². The molecule has 0 unspecified atom stereocenters. The first-order chi connectivity index (χ1) is 4.34. The van der Waals surface area contributed by atoms with Crippen LogP contribution in [0.25, 0.3) is 0 Å². The Balaban J connectivity index is 2.51. The van der Waals surface area contributed by atoms with Gasteiger partial charge in [-0.15, -0.1) is 0 Å². The number of aliphatic hydroxyl groups excluding tert-OH is 1. The number of hydrogen-bond donors (Lipinski definition) is 1. The predicted molar refractivity (Wildman–Crippen MR) is 38.1 cm³/mol. The van der Waals surface area contributed by atoms with Crippen LogP contribution >= 0.6 is 0 Å². The van der Waals surface area contributed by atoms with Crippen LogP contribution in [0.5, 0.6) is 0 Å². The van der Waals surface area contributed by atoms with Crippen molar-refractivity contribution in [3.63, 3.8) is 0 Å². The van der Waals surface area contributed by atoms with Gasteiger partial charge in [-0.1, -0.05) is 25.2 Å². The molecule has 0 spiro atoms. The standard InChI is InChI=1S/C8H12O/c1-2-8(9)7-5-3-4-6-7/h3,5-6,8-9H,2,4H2,1H3/t8-/m1/s1. The van der Waals surface area contributed by atoms with Crippen molar-refractivity contribution in [2.75, 3.05) is 0 Å². The molecule has 0 fully saturated rings. The minimum Gasteiger partial charge on any atom is -0.388 e. The van der Waals surface area contributed by atoms with Gasteiger partial charge < -0.3 is 5.11 Å². The Hall–Kier alpha value is -0.560.